The Morgan fingerprint density at radius 3 is 2.53 bits per heavy atom. The van der Waals surface area contributed by atoms with Gasteiger partial charge < -0.3 is 9.64 Å². The summed E-state index contributed by atoms with van der Waals surface area (Å²) in [7, 11) is 0. The van der Waals surface area contributed by atoms with E-state index in [1.165, 1.54) is 16.8 Å². The lowest BCUT2D eigenvalue weighted by Gasteiger charge is -2.31. The zero-order valence-electron chi connectivity index (χ0n) is 10.6. The topological polar surface area (TPSA) is 12.5 Å². The molecule has 0 unspecified atom stereocenters. The second kappa shape index (κ2) is 5.76. The Bertz CT molecular complexity index is 550. The molecule has 0 saturated carbocycles. The number of rotatable bonds is 2. The van der Waals surface area contributed by atoms with Gasteiger partial charge in [0.25, 0.3) is 0 Å². The molecule has 3 heteroatoms. The van der Waals surface area contributed by atoms with Crippen molar-refractivity contribution >= 4 is 21.6 Å². The zero-order valence-corrected chi connectivity index (χ0v) is 12.2. The van der Waals surface area contributed by atoms with E-state index >= 15 is 0 Å². The van der Waals surface area contributed by atoms with E-state index in [1.54, 1.807) is 0 Å². The highest BCUT2D eigenvalue weighted by Crippen LogP contribution is 2.37. The number of hydrogen-bond donors (Lipinski definition) is 0. The fraction of sp³-hybridized carbons (Fsp3) is 0.250. The quantitative estimate of drug-likeness (QED) is 0.836. The summed E-state index contributed by atoms with van der Waals surface area (Å²) in [5.74, 6) is 0. The molecule has 0 aromatic heterocycles. The van der Waals surface area contributed by atoms with Crippen LogP contribution in [0.25, 0.3) is 11.1 Å². The van der Waals surface area contributed by atoms with Crippen LogP contribution in [-0.4, -0.2) is 26.3 Å². The Morgan fingerprint density at radius 1 is 1.05 bits per heavy atom. The molecule has 0 atom stereocenters. The fourth-order valence-corrected chi connectivity index (χ4v) is 3.01. The average molecular weight is 317 g/mol. The molecule has 1 radical (unpaired) electrons. The van der Waals surface area contributed by atoms with Gasteiger partial charge in [0.05, 0.1) is 18.9 Å². The van der Waals surface area contributed by atoms with E-state index in [4.69, 9.17) is 4.74 Å². The number of halogens is 1. The first-order valence-electron chi connectivity index (χ1n) is 6.44. The first-order valence-corrected chi connectivity index (χ1v) is 7.24. The molecule has 0 bridgehead atoms. The molecule has 1 fully saturated rings. The number of morpholine rings is 1. The van der Waals surface area contributed by atoms with Crippen LogP contribution in [-0.2, 0) is 4.74 Å². The normalized spacial score (nSPS) is 15.5. The Labute approximate surface area is 122 Å². The summed E-state index contributed by atoms with van der Waals surface area (Å²) in [6.07, 6.45) is 0. The van der Waals surface area contributed by atoms with Crippen LogP contribution in [0.4, 0.5) is 5.69 Å². The van der Waals surface area contributed by atoms with Crippen molar-refractivity contribution in [2.45, 2.75) is 0 Å². The molecule has 0 amide bonds. The van der Waals surface area contributed by atoms with Gasteiger partial charge in [0.15, 0.2) is 0 Å². The molecule has 0 N–H and O–H groups in total. The van der Waals surface area contributed by atoms with Gasteiger partial charge in [0, 0.05) is 23.1 Å². The summed E-state index contributed by atoms with van der Waals surface area (Å²) in [6.45, 7) is 3.43. The highest BCUT2D eigenvalue weighted by atomic mass is 79.9. The van der Waals surface area contributed by atoms with Crippen molar-refractivity contribution in [3.63, 3.8) is 0 Å². The molecule has 2 aromatic rings. The van der Waals surface area contributed by atoms with E-state index in [-0.39, 0.29) is 0 Å². The number of benzene rings is 2. The van der Waals surface area contributed by atoms with Gasteiger partial charge in [-0.3, -0.25) is 0 Å². The van der Waals surface area contributed by atoms with Crippen molar-refractivity contribution in [2.24, 2.45) is 0 Å². The summed E-state index contributed by atoms with van der Waals surface area (Å²) in [5.41, 5.74) is 3.70. The van der Waals surface area contributed by atoms with Crippen molar-refractivity contribution in [2.75, 3.05) is 31.2 Å². The molecular weight excluding hydrogens is 302 g/mol. The largest absolute Gasteiger partial charge is 0.378 e. The third kappa shape index (κ3) is 2.67. The second-order valence-corrected chi connectivity index (χ2v) is 5.31. The van der Waals surface area contributed by atoms with E-state index in [9.17, 15) is 0 Å². The molecular formula is C16H15BrNO. The van der Waals surface area contributed by atoms with Crippen molar-refractivity contribution in [3.05, 3.63) is 53.0 Å². The van der Waals surface area contributed by atoms with Gasteiger partial charge in [0.2, 0.25) is 0 Å². The van der Waals surface area contributed by atoms with Gasteiger partial charge in [-0.05, 0) is 27.6 Å². The predicted octanol–water partition coefficient (Wildman–Crippen LogP) is 3.75. The first-order chi connectivity index (χ1) is 9.36. The van der Waals surface area contributed by atoms with Crippen LogP contribution in [0.3, 0.4) is 0 Å². The van der Waals surface area contributed by atoms with Crippen LogP contribution in [0, 0.1) is 6.07 Å². The van der Waals surface area contributed by atoms with Gasteiger partial charge in [0.1, 0.15) is 0 Å². The van der Waals surface area contributed by atoms with E-state index in [0.29, 0.717) is 0 Å². The summed E-state index contributed by atoms with van der Waals surface area (Å²) < 4.78 is 6.46. The summed E-state index contributed by atoms with van der Waals surface area (Å²) in [5, 5.41) is 0. The van der Waals surface area contributed by atoms with Crippen LogP contribution >= 0.6 is 15.9 Å². The molecule has 1 aliphatic rings. The Morgan fingerprint density at radius 2 is 1.79 bits per heavy atom. The maximum Gasteiger partial charge on any atom is 0.0642 e. The number of anilines is 1. The lowest BCUT2D eigenvalue weighted by atomic mass is 10.0. The summed E-state index contributed by atoms with van der Waals surface area (Å²) >= 11 is 3.64. The highest BCUT2D eigenvalue weighted by molar-refractivity contribution is 9.10. The molecule has 19 heavy (non-hydrogen) atoms. The lowest BCUT2D eigenvalue weighted by Crippen LogP contribution is -2.36. The van der Waals surface area contributed by atoms with Crippen molar-refractivity contribution in [1.29, 1.82) is 0 Å². The van der Waals surface area contributed by atoms with E-state index < -0.39 is 0 Å². The smallest absolute Gasteiger partial charge is 0.0642 e. The molecule has 2 aromatic carbocycles. The molecule has 0 spiro atoms. The maximum atomic E-state index is 5.44. The number of hydrogen-bond acceptors (Lipinski definition) is 2. The standard InChI is InChI=1S/C16H15BrNO/c17-15-8-4-7-14(13-5-2-1-3-6-13)16(15)18-9-11-19-12-10-18/h1-7H,9-12H2. The van der Waals surface area contributed by atoms with Crippen LogP contribution in [0.2, 0.25) is 0 Å². The van der Waals surface area contributed by atoms with Crippen LogP contribution in [0.5, 0.6) is 0 Å². The predicted molar refractivity (Wildman–Crippen MR) is 81.4 cm³/mol. The van der Waals surface area contributed by atoms with Crippen molar-refractivity contribution < 1.29 is 4.74 Å². The molecule has 1 heterocycles. The SMILES string of the molecule is Brc1[c]ccc(-c2ccccc2)c1N1CCOCC1. The van der Waals surface area contributed by atoms with Crippen LogP contribution < -0.4 is 4.90 Å². The van der Waals surface area contributed by atoms with Crippen molar-refractivity contribution in [3.8, 4) is 11.1 Å². The minimum Gasteiger partial charge on any atom is -0.378 e. The summed E-state index contributed by atoms with van der Waals surface area (Å²) in [4.78, 5) is 2.37. The minimum absolute atomic E-state index is 0.787. The molecule has 97 valence electrons. The van der Waals surface area contributed by atoms with Crippen LogP contribution in [0.1, 0.15) is 0 Å². The number of nitrogens with zero attached hydrogens (tertiary/aromatic N) is 1. The maximum absolute atomic E-state index is 5.44. The van der Waals surface area contributed by atoms with Gasteiger partial charge in [-0.1, -0.05) is 42.5 Å². The number of ether oxygens (including phenoxy) is 1. The van der Waals surface area contributed by atoms with E-state index in [1.807, 2.05) is 12.1 Å². The molecule has 3 rings (SSSR count). The zero-order chi connectivity index (χ0) is 13.1. The fourth-order valence-electron chi connectivity index (χ4n) is 2.41. The Hall–Kier alpha value is -1.32. The average Bonchev–Trinajstić information content (AvgIpc) is 2.49. The molecule has 2 nitrogen and oxygen atoms in total. The third-order valence-electron chi connectivity index (χ3n) is 3.34. The van der Waals surface area contributed by atoms with E-state index in [2.05, 4.69) is 57.2 Å². The monoisotopic (exact) mass is 316 g/mol. The molecule has 1 saturated heterocycles. The molecule has 1 aliphatic heterocycles. The summed E-state index contributed by atoms with van der Waals surface area (Å²) in [6, 6.07) is 17.8. The highest BCUT2D eigenvalue weighted by Gasteiger charge is 2.18. The Balaban J connectivity index is 2.07. The van der Waals surface area contributed by atoms with Crippen LogP contribution in [0.15, 0.2) is 46.9 Å². The minimum atomic E-state index is 0.787. The van der Waals surface area contributed by atoms with Gasteiger partial charge in [-0.15, -0.1) is 0 Å². The molecule has 0 aliphatic carbocycles. The Kier molecular flexibility index (Phi) is 3.85. The first kappa shape index (κ1) is 12.7. The third-order valence-corrected chi connectivity index (χ3v) is 3.94. The lowest BCUT2D eigenvalue weighted by molar-refractivity contribution is 0.122. The van der Waals surface area contributed by atoms with Crippen molar-refractivity contribution in [1.82, 2.24) is 0 Å². The van der Waals surface area contributed by atoms with E-state index in [0.717, 1.165) is 30.8 Å². The van der Waals surface area contributed by atoms with Gasteiger partial charge in [-0.2, -0.15) is 0 Å². The van der Waals surface area contributed by atoms with Gasteiger partial charge >= 0.3 is 0 Å². The second-order valence-electron chi connectivity index (χ2n) is 4.52. The van der Waals surface area contributed by atoms with Gasteiger partial charge in [-0.25, -0.2) is 0 Å².